The molecule has 1 aromatic heterocycles. The molecule has 0 radical (unpaired) electrons. The highest BCUT2D eigenvalue weighted by Gasteiger charge is 2.14. The van der Waals surface area contributed by atoms with Crippen LogP contribution in [0.15, 0.2) is 76.0 Å². The number of furan rings is 1. The Hall–Kier alpha value is -3.36. The van der Waals surface area contributed by atoms with Crippen molar-refractivity contribution in [3.8, 4) is 0 Å². The van der Waals surface area contributed by atoms with Gasteiger partial charge in [0.25, 0.3) is 11.6 Å². The molecule has 3 aromatic carbocycles. The fraction of sp³-hybridized carbons (Fsp3) is 0. The Labute approximate surface area is 157 Å². The number of nitrogens with one attached hydrogen (secondary N) is 2. The molecule has 4 aromatic rings. The molecule has 0 saturated carbocycles. The normalized spacial score (nSPS) is 11.0. The zero-order chi connectivity index (χ0) is 18.8. The molecular formula is C19H13N3O4S. The van der Waals surface area contributed by atoms with Crippen LogP contribution in [0, 0.1) is 10.1 Å². The van der Waals surface area contributed by atoms with Crippen molar-refractivity contribution in [2.24, 2.45) is 0 Å². The van der Waals surface area contributed by atoms with E-state index in [1.54, 1.807) is 36.4 Å². The summed E-state index contributed by atoms with van der Waals surface area (Å²) in [6.07, 6.45) is 0. The van der Waals surface area contributed by atoms with Gasteiger partial charge in [0, 0.05) is 22.4 Å². The third-order valence-corrected chi connectivity index (χ3v) is 4.80. The predicted molar refractivity (Wildman–Crippen MR) is 103 cm³/mol. The number of benzene rings is 3. The van der Waals surface area contributed by atoms with E-state index in [4.69, 9.17) is 4.42 Å². The summed E-state index contributed by atoms with van der Waals surface area (Å²) in [6, 6.07) is 19.1. The predicted octanol–water partition coefficient (Wildman–Crippen LogP) is 4.44. The molecule has 0 fully saturated rings. The largest absolute Gasteiger partial charge is 0.456 e. The van der Waals surface area contributed by atoms with Crippen molar-refractivity contribution in [3.63, 3.8) is 0 Å². The SMILES string of the molecule is O=C(NNSc1ccccc1[N+](=O)[O-])c1ccc2oc3ccccc3c2c1. The van der Waals surface area contributed by atoms with Crippen LogP contribution in [-0.4, -0.2) is 10.8 Å². The number of fused-ring (bicyclic) bond motifs is 3. The molecule has 27 heavy (non-hydrogen) atoms. The molecule has 0 bridgehead atoms. The first-order valence-corrected chi connectivity index (χ1v) is 8.82. The quantitative estimate of drug-likeness (QED) is 0.302. The van der Waals surface area contributed by atoms with E-state index in [1.165, 1.54) is 6.07 Å². The zero-order valence-corrected chi connectivity index (χ0v) is 14.7. The summed E-state index contributed by atoms with van der Waals surface area (Å²) in [5, 5.41) is 12.8. The van der Waals surface area contributed by atoms with Crippen LogP contribution in [0.1, 0.15) is 10.4 Å². The highest BCUT2D eigenvalue weighted by atomic mass is 32.2. The molecule has 0 aliphatic heterocycles. The number of nitro groups is 1. The summed E-state index contributed by atoms with van der Waals surface area (Å²) in [6.45, 7) is 0. The van der Waals surface area contributed by atoms with Crippen molar-refractivity contribution in [1.82, 2.24) is 10.3 Å². The maximum absolute atomic E-state index is 12.4. The zero-order valence-electron chi connectivity index (χ0n) is 13.8. The summed E-state index contributed by atoms with van der Waals surface area (Å²) in [5.41, 5.74) is 4.42. The second-order valence-electron chi connectivity index (χ2n) is 5.69. The molecule has 7 nitrogen and oxygen atoms in total. The number of rotatable bonds is 5. The number of amides is 1. The maximum Gasteiger partial charge on any atom is 0.284 e. The number of nitrogens with zero attached hydrogens (tertiary/aromatic N) is 1. The van der Waals surface area contributed by atoms with E-state index in [0.717, 1.165) is 28.3 Å². The monoisotopic (exact) mass is 379 g/mol. The second-order valence-corrected chi connectivity index (χ2v) is 6.54. The lowest BCUT2D eigenvalue weighted by atomic mass is 10.1. The minimum absolute atomic E-state index is 0.0319. The number of para-hydroxylation sites is 2. The van der Waals surface area contributed by atoms with Crippen LogP contribution in [0.3, 0.4) is 0 Å². The molecule has 0 atom stereocenters. The molecule has 1 heterocycles. The highest BCUT2D eigenvalue weighted by molar-refractivity contribution is 7.97. The fourth-order valence-electron chi connectivity index (χ4n) is 2.76. The fourth-order valence-corrected chi connectivity index (χ4v) is 3.41. The van der Waals surface area contributed by atoms with Crippen molar-refractivity contribution >= 4 is 45.5 Å². The van der Waals surface area contributed by atoms with Crippen molar-refractivity contribution in [2.75, 3.05) is 0 Å². The molecule has 0 saturated heterocycles. The van der Waals surface area contributed by atoms with Gasteiger partial charge >= 0.3 is 0 Å². The number of nitro benzene ring substituents is 1. The standard InChI is InChI=1S/C19H13N3O4S/c23-19(20-21-27-18-8-4-2-6-15(18)22(24)25)12-9-10-17-14(11-12)13-5-1-3-7-16(13)26-17/h1-11,21H,(H,20,23). The maximum atomic E-state index is 12.4. The molecule has 0 aliphatic rings. The number of carbonyl (C=O) groups is 1. The van der Waals surface area contributed by atoms with Gasteiger partial charge in [-0.15, -0.1) is 0 Å². The Bertz CT molecular complexity index is 1170. The van der Waals surface area contributed by atoms with Crippen LogP contribution in [0.2, 0.25) is 0 Å². The summed E-state index contributed by atoms with van der Waals surface area (Å²) >= 11 is 0.964. The Morgan fingerprint density at radius 2 is 1.70 bits per heavy atom. The van der Waals surface area contributed by atoms with Crippen molar-refractivity contribution < 1.29 is 14.1 Å². The van der Waals surface area contributed by atoms with Gasteiger partial charge in [-0.3, -0.25) is 20.3 Å². The minimum Gasteiger partial charge on any atom is -0.456 e. The summed E-state index contributed by atoms with van der Waals surface area (Å²) in [5.74, 6) is -0.353. The molecule has 8 heteroatoms. The number of hydrogen-bond donors (Lipinski definition) is 2. The lowest BCUT2D eigenvalue weighted by molar-refractivity contribution is -0.387. The summed E-state index contributed by atoms with van der Waals surface area (Å²) in [7, 11) is 0. The molecule has 0 aliphatic carbocycles. The topological polar surface area (TPSA) is 97.4 Å². The molecule has 4 rings (SSSR count). The lowest BCUT2D eigenvalue weighted by Gasteiger charge is -2.07. The summed E-state index contributed by atoms with van der Waals surface area (Å²) in [4.78, 5) is 26.0. The van der Waals surface area contributed by atoms with Gasteiger partial charge in [0.05, 0.1) is 4.92 Å². The van der Waals surface area contributed by atoms with E-state index < -0.39 is 4.92 Å². The minimum atomic E-state index is -0.468. The van der Waals surface area contributed by atoms with Crippen LogP contribution in [0.25, 0.3) is 21.9 Å². The van der Waals surface area contributed by atoms with E-state index in [0.29, 0.717) is 16.0 Å². The van der Waals surface area contributed by atoms with Gasteiger partial charge in [-0.2, -0.15) is 4.83 Å². The molecule has 134 valence electrons. The Kier molecular flexibility index (Phi) is 4.49. The van der Waals surface area contributed by atoms with Gasteiger partial charge in [0.15, 0.2) is 0 Å². The van der Waals surface area contributed by atoms with Crippen LogP contribution < -0.4 is 10.3 Å². The highest BCUT2D eigenvalue weighted by Crippen LogP contribution is 2.29. The number of carbonyl (C=O) groups excluding carboxylic acids is 1. The van der Waals surface area contributed by atoms with Gasteiger partial charge in [-0.1, -0.05) is 30.3 Å². The van der Waals surface area contributed by atoms with Crippen molar-refractivity contribution in [2.45, 2.75) is 4.90 Å². The smallest absolute Gasteiger partial charge is 0.284 e. The molecule has 0 unspecified atom stereocenters. The average molecular weight is 379 g/mol. The van der Waals surface area contributed by atoms with Crippen molar-refractivity contribution in [1.29, 1.82) is 0 Å². The van der Waals surface area contributed by atoms with Crippen molar-refractivity contribution in [3.05, 3.63) is 82.4 Å². The van der Waals surface area contributed by atoms with E-state index in [1.807, 2.05) is 24.3 Å². The first kappa shape index (κ1) is 17.1. The lowest BCUT2D eigenvalue weighted by Crippen LogP contribution is -2.32. The Morgan fingerprint density at radius 1 is 0.963 bits per heavy atom. The van der Waals surface area contributed by atoms with E-state index in [2.05, 4.69) is 10.3 Å². The van der Waals surface area contributed by atoms with E-state index >= 15 is 0 Å². The van der Waals surface area contributed by atoms with E-state index in [9.17, 15) is 14.9 Å². The third-order valence-electron chi connectivity index (χ3n) is 4.03. The van der Waals surface area contributed by atoms with Gasteiger partial charge in [-0.05, 0) is 42.3 Å². The molecule has 2 N–H and O–H groups in total. The third kappa shape index (κ3) is 3.35. The molecule has 0 spiro atoms. The number of hydrazine groups is 1. The summed E-state index contributed by atoms with van der Waals surface area (Å²) < 4.78 is 5.75. The van der Waals surface area contributed by atoms with Crippen LogP contribution in [0.5, 0.6) is 0 Å². The molecule has 1 amide bonds. The van der Waals surface area contributed by atoms with Gasteiger partial charge < -0.3 is 4.42 Å². The van der Waals surface area contributed by atoms with Crippen LogP contribution >= 0.6 is 11.9 Å². The first-order chi connectivity index (χ1) is 13.1. The van der Waals surface area contributed by atoms with Gasteiger partial charge in [0.2, 0.25) is 0 Å². The number of hydrogen-bond acceptors (Lipinski definition) is 6. The Balaban J connectivity index is 1.50. The van der Waals surface area contributed by atoms with Crippen LogP contribution in [0.4, 0.5) is 5.69 Å². The Morgan fingerprint density at radius 3 is 2.56 bits per heavy atom. The van der Waals surface area contributed by atoms with Gasteiger partial charge in [0.1, 0.15) is 16.1 Å². The van der Waals surface area contributed by atoms with Crippen LogP contribution in [-0.2, 0) is 0 Å². The van der Waals surface area contributed by atoms with Gasteiger partial charge in [-0.25, -0.2) is 0 Å². The average Bonchev–Trinajstić information content (AvgIpc) is 3.06. The van der Waals surface area contributed by atoms with E-state index in [-0.39, 0.29) is 11.6 Å². The first-order valence-electron chi connectivity index (χ1n) is 8.00. The second kappa shape index (κ2) is 7.10. The molecular weight excluding hydrogens is 366 g/mol.